The van der Waals surface area contributed by atoms with Gasteiger partial charge < -0.3 is 24.3 Å². The zero-order valence-corrected chi connectivity index (χ0v) is 16.1. The molecule has 3 rings (SSSR count). The molecule has 2 N–H and O–H groups in total. The number of hydrogen-bond donors (Lipinski definition) is 2. The number of benzene rings is 1. The maximum Gasteiger partial charge on any atom is 0.311 e. The van der Waals surface area contributed by atoms with Crippen LogP contribution in [-0.2, 0) is 17.8 Å². The fourth-order valence-corrected chi connectivity index (χ4v) is 3.45. The number of nitrogens with one attached hydrogen (secondary N) is 1. The first-order valence-electron chi connectivity index (χ1n) is 9.38. The van der Waals surface area contributed by atoms with Crippen LogP contribution in [0, 0.1) is 6.92 Å². The molecule has 7 heteroatoms. The highest BCUT2D eigenvalue weighted by atomic mass is 16.5. The van der Waals surface area contributed by atoms with Crippen molar-refractivity contribution in [3.05, 3.63) is 46.9 Å². The molecule has 1 aromatic carbocycles. The van der Waals surface area contributed by atoms with Gasteiger partial charge in [-0.2, -0.15) is 0 Å². The van der Waals surface area contributed by atoms with Crippen molar-refractivity contribution in [1.82, 2.24) is 5.32 Å². The lowest BCUT2D eigenvalue weighted by Gasteiger charge is -2.17. The molecule has 1 aromatic heterocycles. The van der Waals surface area contributed by atoms with E-state index in [2.05, 4.69) is 5.32 Å². The molecular weight excluding hydrogens is 362 g/mol. The molecule has 150 valence electrons. The first-order chi connectivity index (χ1) is 13.5. The number of carboxylic acid groups (broad SMARTS) is 1. The third kappa shape index (κ3) is 4.65. The van der Waals surface area contributed by atoms with Crippen molar-refractivity contribution in [2.45, 2.75) is 51.7 Å². The zero-order chi connectivity index (χ0) is 20.1. The van der Waals surface area contributed by atoms with Gasteiger partial charge in [-0.05, 0) is 50.3 Å². The average molecular weight is 387 g/mol. The lowest BCUT2D eigenvalue weighted by molar-refractivity contribution is -0.136. The summed E-state index contributed by atoms with van der Waals surface area (Å²) in [4.78, 5) is 23.5. The SMILES string of the molecule is COc1ccc(CNC(=O)c2c(C)coc2CC(=O)O)cc1OC1CCCC1. The molecule has 1 saturated carbocycles. The molecule has 1 aliphatic carbocycles. The van der Waals surface area contributed by atoms with Gasteiger partial charge in [0.05, 0.1) is 25.0 Å². The Morgan fingerprint density at radius 3 is 2.68 bits per heavy atom. The molecule has 1 aliphatic rings. The van der Waals surface area contributed by atoms with Gasteiger partial charge >= 0.3 is 5.97 Å². The van der Waals surface area contributed by atoms with Crippen molar-refractivity contribution >= 4 is 11.9 Å². The molecular formula is C21H25NO6. The molecule has 2 aromatic rings. The topological polar surface area (TPSA) is 98.0 Å². The van der Waals surface area contributed by atoms with Crippen molar-refractivity contribution in [3.8, 4) is 11.5 Å². The maximum absolute atomic E-state index is 12.6. The molecule has 0 spiro atoms. The van der Waals surface area contributed by atoms with Crippen LogP contribution >= 0.6 is 0 Å². The Hall–Kier alpha value is -2.96. The van der Waals surface area contributed by atoms with Crippen LogP contribution in [0.1, 0.15) is 52.9 Å². The van der Waals surface area contributed by atoms with Crippen LogP contribution < -0.4 is 14.8 Å². The van der Waals surface area contributed by atoms with Crippen LogP contribution in [0.3, 0.4) is 0 Å². The smallest absolute Gasteiger partial charge is 0.311 e. The summed E-state index contributed by atoms with van der Waals surface area (Å²) < 4.78 is 16.7. The van der Waals surface area contributed by atoms with Crippen molar-refractivity contribution < 1.29 is 28.6 Å². The second-order valence-corrected chi connectivity index (χ2v) is 6.98. The Bertz CT molecular complexity index is 851. The van der Waals surface area contributed by atoms with Gasteiger partial charge in [-0.3, -0.25) is 9.59 Å². The van der Waals surface area contributed by atoms with Gasteiger partial charge in [-0.15, -0.1) is 0 Å². The number of methoxy groups -OCH3 is 1. The third-order valence-corrected chi connectivity index (χ3v) is 4.87. The third-order valence-electron chi connectivity index (χ3n) is 4.87. The Balaban J connectivity index is 1.69. The van der Waals surface area contributed by atoms with Crippen LogP contribution in [0.25, 0.3) is 0 Å². The number of aliphatic carboxylic acids is 1. The van der Waals surface area contributed by atoms with E-state index in [9.17, 15) is 9.59 Å². The van der Waals surface area contributed by atoms with Crippen LogP contribution in [0.5, 0.6) is 11.5 Å². The first-order valence-corrected chi connectivity index (χ1v) is 9.38. The molecule has 1 heterocycles. The van der Waals surface area contributed by atoms with E-state index >= 15 is 0 Å². The summed E-state index contributed by atoms with van der Waals surface area (Å²) in [5.74, 6) is 0.0786. The Kier molecular flexibility index (Phi) is 6.23. The molecule has 1 fully saturated rings. The highest BCUT2D eigenvalue weighted by molar-refractivity contribution is 5.97. The standard InChI is InChI=1S/C21H25NO6/c1-13-12-27-18(10-19(23)24)20(13)21(25)22-11-14-7-8-16(26-2)17(9-14)28-15-5-3-4-6-15/h7-9,12,15H,3-6,10-11H2,1-2H3,(H,22,25)(H,23,24). The average Bonchev–Trinajstić information content (AvgIpc) is 3.29. The second-order valence-electron chi connectivity index (χ2n) is 6.98. The van der Waals surface area contributed by atoms with Crippen LogP contribution in [-0.4, -0.2) is 30.2 Å². The molecule has 0 unspecified atom stereocenters. The fourth-order valence-electron chi connectivity index (χ4n) is 3.45. The molecule has 0 bridgehead atoms. The van der Waals surface area contributed by atoms with Crippen molar-refractivity contribution in [2.75, 3.05) is 7.11 Å². The highest BCUT2D eigenvalue weighted by Gasteiger charge is 2.21. The molecule has 1 amide bonds. The van der Waals surface area contributed by atoms with E-state index in [4.69, 9.17) is 19.0 Å². The number of aryl methyl sites for hydroxylation is 1. The summed E-state index contributed by atoms with van der Waals surface area (Å²) in [5, 5.41) is 11.8. The molecule has 0 atom stereocenters. The van der Waals surface area contributed by atoms with E-state index in [1.165, 1.54) is 19.1 Å². The molecule has 28 heavy (non-hydrogen) atoms. The minimum atomic E-state index is -1.05. The van der Waals surface area contributed by atoms with Gasteiger partial charge in [0.15, 0.2) is 11.5 Å². The van der Waals surface area contributed by atoms with E-state index in [1.807, 2.05) is 18.2 Å². The summed E-state index contributed by atoms with van der Waals surface area (Å²) in [6.07, 6.45) is 5.68. The number of carbonyl (C=O) groups excluding carboxylic acids is 1. The number of rotatable bonds is 8. The van der Waals surface area contributed by atoms with E-state index < -0.39 is 5.97 Å². The summed E-state index contributed by atoms with van der Waals surface area (Å²) in [5.41, 5.74) is 1.75. The number of carbonyl (C=O) groups is 2. The molecule has 0 saturated heterocycles. The number of furan rings is 1. The van der Waals surface area contributed by atoms with E-state index in [-0.39, 0.29) is 36.3 Å². The van der Waals surface area contributed by atoms with Gasteiger partial charge in [0.2, 0.25) is 0 Å². The normalized spacial score (nSPS) is 14.1. The van der Waals surface area contributed by atoms with Gasteiger partial charge in [0.1, 0.15) is 12.2 Å². The monoisotopic (exact) mass is 387 g/mol. The number of carboxylic acids is 1. The first kappa shape index (κ1) is 19.8. The largest absolute Gasteiger partial charge is 0.493 e. The van der Waals surface area contributed by atoms with Crippen LogP contribution in [0.4, 0.5) is 0 Å². The Morgan fingerprint density at radius 2 is 2.00 bits per heavy atom. The van der Waals surface area contributed by atoms with Crippen LogP contribution in [0.15, 0.2) is 28.9 Å². The fraction of sp³-hybridized carbons (Fsp3) is 0.429. The van der Waals surface area contributed by atoms with Gasteiger partial charge in [-0.25, -0.2) is 0 Å². The molecule has 0 radical (unpaired) electrons. The summed E-state index contributed by atoms with van der Waals surface area (Å²) in [6, 6.07) is 5.56. The highest BCUT2D eigenvalue weighted by Crippen LogP contribution is 2.32. The van der Waals surface area contributed by atoms with Crippen molar-refractivity contribution in [1.29, 1.82) is 0 Å². The number of ether oxygens (including phenoxy) is 2. The lowest BCUT2D eigenvalue weighted by Crippen LogP contribution is -2.24. The quantitative estimate of drug-likeness (QED) is 0.720. The molecule has 0 aliphatic heterocycles. The minimum absolute atomic E-state index is 0.155. The van der Waals surface area contributed by atoms with E-state index in [0.717, 1.165) is 18.4 Å². The number of amides is 1. The predicted molar refractivity (Wildman–Crippen MR) is 102 cm³/mol. The maximum atomic E-state index is 12.6. The Morgan fingerprint density at radius 1 is 1.25 bits per heavy atom. The van der Waals surface area contributed by atoms with Crippen molar-refractivity contribution in [2.24, 2.45) is 0 Å². The summed E-state index contributed by atoms with van der Waals surface area (Å²) >= 11 is 0. The van der Waals surface area contributed by atoms with Gasteiger partial charge in [-0.1, -0.05) is 6.07 Å². The van der Waals surface area contributed by atoms with E-state index in [1.54, 1.807) is 14.0 Å². The van der Waals surface area contributed by atoms with Gasteiger partial charge in [0, 0.05) is 12.1 Å². The second kappa shape index (κ2) is 8.82. The summed E-state index contributed by atoms with van der Waals surface area (Å²) in [7, 11) is 1.60. The van der Waals surface area contributed by atoms with Gasteiger partial charge in [0.25, 0.3) is 5.91 Å². The van der Waals surface area contributed by atoms with E-state index in [0.29, 0.717) is 17.1 Å². The lowest BCUT2D eigenvalue weighted by atomic mass is 10.1. The molecule has 7 nitrogen and oxygen atoms in total. The Labute approximate surface area is 163 Å². The van der Waals surface area contributed by atoms with Crippen molar-refractivity contribution in [3.63, 3.8) is 0 Å². The zero-order valence-electron chi connectivity index (χ0n) is 16.1. The minimum Gasteiger partial charge on any atom is -0.493 e. The predicted octanol–water partition coefficient (Wildman–Crippen LogP) is 3.48. The van der Waals surface area contributed by atoms with Crippen LogP contribution in [0.2, 0.25) is 0 Å². The number of hydrogen-bond acceptors (Lipinski definition) is 5. The summed E-state index contributed by atoms with van der Waals surface area (Å²) in [6.45, 7) is 1.99.